The molecule has 1 fully saturated rings. The van der Waals surface area contributed by atoms with Crippen molar-refractivity contribution in [3.63, 3.8) is 0 Å². The summed E-state index contributed by atoms with van der Waals surface area (Å²) in [5, 5.41) is 41.0. The lowest BCUT2D eigenvalue weighted by Crippen LogP contribution is -2.61. The highest BCUT2D eigenvalue weighted by Crippen LogP contribution is 2.36. The molecule has 124 valence electrons. The highest BCUT2D eigenvalue weighted by molar-refractivity contribution is 7.81. The van der Waals surface area contributed by atoms with Gasteiger partial charge in [0.15, 0.2) is 0 Å². The zero-order valence-corrected chi connectivity index (χ0v) is 12.7. The number of ether oxygens (including phenoxy) is 1. The highest BCUT2D eigenvalue weighted by Gasteiger charge is 2.50. The number of amides is 1. The normalized spacial score (nSPS) is 38.0. The number of carbonyl (C=O) groups excluding carboxylic acids is 1. The quantitative estimate of drug-likeness (QED) is 0.264. The van der Waals surface area contributed by atoms with Gasteiger partial charge in [0.25, 0.3) is 0 Å². The van der Waals surface area contributed by atoms with E-state index in [4.69, 9.17) is 10.5 Å². The predicted octanol–water partition coefficient (Wildman–Crippen LogP) is -2.67. The van der Waals surface area contributed by atoms with Gasteiger partial charge in [-0.05, 0) is 13.3 Å². The van der Waals surface area contributed by atoms with Gasteiger partial charge in [0, 0.05) is 19.5 Å². The Morgan fingerprint density at radius 2 is 2.05 bits per heavy atom. The summed E-state index contributed by atoms with van der Waals surface area (Å²) in [6, 6.07) is 0. The molecule has 1 heterocycles. The second kappa shape index (κ2) is 7.73. The van der Waals surface area contributed by atoms with E-state index in [0.29, 0.717) is 0 Å². The molecule has 0 aromatic carbocycles. The van der Waals surface area contributed by atoms with E-state index in [0.717, 1.165) is 0 Å². The zero-order chi connectivity index (χ0) is 16.2. The molecule has 1 amide bonds. The minimum Gasteiger partial charge on any atom is -0.390 e. The van der Waals surface area contributed by atoms with Crippen LogP contribution in [0.2, 0.25) is 0 Å². The van der Waals surface area contributed by atoms with E-state index in [1.165, 1.54) is 0 Å². The van der Waals surface area contributed by atoms with Crippen LogP contribution in [0.5, 0.6) is 0 Å². The van der Waals surface area contributed by atoms with E-state index < -0.39 is 35.5 Å². The average molecular weight is 324 g/mol. The van der Waals surface area contributed by atoms with E-state index in [9.17, 15) is 25.2 Å². The third-order valence-electron chi connectivity index (χ3n) is 3.52. The molecule has 7 N–H and O–H groups in total. The van der Waals surface area contributed by atoms with Crippen molar-refractivity contribution in [3.05, 3.63) is 0 Å². The molecule has 1 saturated heterocycles. The minimum atomic E-state index is -1.43. The van der Waals surface area contributed by atoms with Crippen LogP contribution in [0.25, 0.3) is 0 Å². The van der Waals surface area contributed by atoms with E-state index in [-0.39, 0.29) is 31.8 Å². The molecule has 9 heteroatoms. The van der Waals surface area contributed by atoms with Gasteiger partial charge in [-0.15, -0.1) is 12.6 Å². The van der Waals surface area contributed by atoms with Crippen molar-refractivity contribution in [2.75, 3.05) is 13.1 Å². The number of aliphatic hydroxyl groups excluding tert-OH is 4. The third-order valence-corrected chi connectivity index (χ3v) is 4.12. The first-order chi connectivity index (χ1) is 9.71. The molecule has 0 aromatic heterocycles. The molecule has 1 rings (SSSR count). The first-order valence-corrected chi connectivity index (χ1v) is 7.25. The summed E-state index contributed by atoms with van der Waals surface area (Å²) in [6.07, 6.45) is -5.55. The summed E-state index contributed by atoms with van der Waals surface area (Å²) in [6.45, 7) is 1.62. The van der Waals surface area contributed by atoms with Crippen LogP contribution in [0.4, 0.5) is 0 Å². The molecule has 1 unspecified atom stereocenters. The van der Waals surface area contributed by atoms with E-state index in [1.54, 1.807) is 6.92 Å². The Morgan fingerprint density at radius 1 is 1.43 bits per heavy atom. The molecule has 1 aliphatic rings. The molecule has 8 nitrogen and oxygen atoms in total. The molecule has 0 aromatic rings. The smallest absolute Gasteiger partial charge is 0.220 e. The SMILES string of the molecule is C[C@@H]1O[C@](S)(CCC(=O)NCC(O)CN)[C@@H](O)[C@H](O)[C@@H]1O. The number of rotatable bonds is 6. The molecule has 0 saturated carbocycles. The Hall–Kier alpha value is -0.420. The molecule has 0 radical (unpaired) electrons. The first kappa shape index (κ1) is 18.6. The Morgan fingerprint density at radius 3 is 2.62 bits per heavy atom. The predicted molar refractivity (Wildman–Crippen MR) is 77.6 cm³/mol. The number of hydrogen-bond donors (Lipinski definition) is 7. The van der Waals surface area contributed by atoms with Crippen LogP contribution in [0.1, 0.15) is 19.8 Å². The van der Waals surface area contributed by atoms with Crippen LogP contribution in [0.15, 0.2) is 0 Å². The average Bonchev–Trinajstić information content (AvgIpc) is 2.46. The maximum absolute atomic E-state index is 11.6. The Bertz CT molecular complexity index is 361. The standard InChI is InChI=1S/C12H24N2O6S/c1-6-9(17)10(18)11(19)12(21,20-6)3-2-8(16)14-5-7(15)4-13/h6-7,9-11,15,17-19,21H,2-5,13H2,1H3,(H,14,16)/t6-,7?,9+,10+,11-,12-/m0/s1. The Kier molecular flexibility index (Phi) is 6.85. The van der Waals surface area contributed by atoms with Crippen molar-refractivity contribution in [2.24, 2.45) is 5.73 Å². The number of nitrogens with one attached hydrogen (secondary N) is 1. The van der Waals surface area contributed by atoms with E-state index in [1.807, 2.05) is 0 Å². The Labute approximate surface area is 128 Å². The van der Waals surface area contributed by atoms with Gasteiger partial charge >= 0.3 is 0 Å². The summed E-state index contributed by atoms with van der Waals surface area (Å²) in [5.74, 6) is -0.361. The lowest BCUT2D eigenvalue weighted by atomic mass is 9.92. The summed E-state index contributed by atoms with van der Waals surface area (Å²) in [5.41, 5.74) is 5.21. The topological polar surface area (TPSA) is 145 Å². The lowest BCUT2D eigenvalue weighted by molar-refractivity contribution is -0.231. The van der Waals surface area contributed by atoms with Crippen LogP contribution >= 0.6 is 12.6 Å². The fourth-order valence-corrected chi connectivity index (χ4v) is 2.53. The molecular weight excluding hydrogens is 300 g/mol. The molecule has 0 bridgehead atoms. The van der Waals surface area contributed by atoms with Crippen LogP contribution in [-0.2, 0) is 9.53 Å². The van der Waals surface area contributed by atoms with E-state index in [2.05, 4.69) is 17.9 Å². The molecule has 6 atom stereocenters. The summed E-state index contributed by atoms with van der Waals surface area (Å²) in [7, 11) is 0. The van der Waals surface area contributed by atoms with Crippen LogP contribution in [-0.4, -0.2) is 74.9 Å². The van der Waals surface area contributed by atoms with Gasteiger partial charge in [0.1, 0.15) is 23.2 Å². The van der Waals surface area contributed by atoms with Crippen molar-refractivity contribution < 1.29 is 30.0 Å². The van der Waals surface area contributed by atoms with Crippen molar-refractivity contribution in [2.45, 2.75) is 55.2 Å². The largest absolute Gasteiger partial charge is 0.390 e. The van der Waals surface area contributed by atoms with Gasteiger partial charge < -0.3 is 36.2 Å². The van der Waals surface area contributed by atoms with Gasteiger partial charge in [-0.2, -0.15) is 0 Å². The summed E-state index contributed by atoms with van der Waals surface area (Å²) in [4.78, 5) is 10.2. The second-order valence-corrected chi connectivity index (χ2v) is 6.04. The number of carbonyl (C=O) groups is 1. The third kappa shape index (κ3) is 4.78. The molecule has 21 heavy (non-hydrogen) atoms. The maximum Gasteiger partial charge on any atom is 0.220 e. The molecule has 0 spiro atoms. The molecule has 0 aliphatic carbocycles. The van der Waals surface area contributed by atoms with Crippen LogP contribution < -0.4 is 11.1 Å². The number of hydrogen-bond acceptors (Lipinski definition) is 8. The van der Waals surface area contributed by atoms with Crippen LogP contribution in [0, 0.1) is 0 Å². The van der Waals surface area contributed by atoms with Crippen molar-refractivity contribution in [1.82, 2.24) is 5.32 Å². The van der Waals surface area contributed by atoms with Gasteiger partial charge in [-0.1, -0.05) is 0 Å². The highest BCUT2D eigenvalue weighted by atomic mass is 32.1. The van der Waals surface area contributed by atoms with Crippen molar-refractivity contribution in [3.8, 4) is 0 Å². The van der Waals surface area contributed by atoms with Gasteiger partial charge in [-0.3, -0.25) is 4.79 Å². The number of nitrogens with two attached hydrogens (primary N) is 1. The maximum atomic E-state index is 11.6. The van der Waals surface area contributed by atoms with Gasteiger partial charge in [0.05, 0.1) is 12.2 Å². The van der Waals surface area contributed by atoms with Crippen molar-refractivity contribution in [1.29, 1.82) is 0 Å². The number of thiol groups is 1. The summed E-state index contributed by atoms with van der Waals surface area (Å²) < 4.78 is 5.42. The van der Waals surface area contributed by atoms with E-state index >= 15 is 0 Å². The number of aliphatic hydroxyl groups is 4. The van der Waals surface area contributed by atoms with Crippen LogP contribution in [0.3, 0.4) is 0 Å². The fraction of sp³-hybridized carbons (Fsp3) is 0.917. The second-order valence-electron chi connectivity index (χ2n) is 5.29. The molecular formula is C12H24N2O6S. The van der Waals surface area contributed by atoms with Gasteiger partial charge in [-0.25, -0.2) is 0 Å². The monoisotopic (exact) mass is 324 g/mol. The van der Waals surface area contributed by atoms with Crippen molar-refractivity contribution >= 4 is 18.5 Å². The molecule has 1 aliphatic heterocycles. The summed E-state index contributed by atoms with van der Waals surface area (Å²) >= 11 is 4.21. The Balaban J connectivity index is 2.51. The minimum absolute atomic E-state index is 0.0204. The zero-order valence-electron chi connectivity index (χ0n) is 11.8. The fourth-order valence-electron chi connectivity index (χ4n) is 2.10. The first-order valence-electron chi connectivity index (χ1n) is 6.80. The van der Waals surface area contributed by atoms with Gasteiger partial charge in [0.2, 0.25) is 5.91 Å². The lowest BCUT2D eigenvalue weighted by Gasteiger charge is -2.45.